The summed E-state index contributed by atoms with van der Waals surface area (Å²) in [5.41, 5.74) is 2.45. The molecule has 0 unspecified atom stereocenters. The molecule has 0 aliphatic rings. The molecular formula is C15H14O4. The highest BCUT2D eigenvalue weighted by molar-refractivity contribution is 5.89. The van der Waals surface area contributed by atoms with Gasteiger partial charge < -0.3 is 14.9 Å². The number of methoxy groups -OCH3 is 1. The molecule has 19 heavy (non-hydrogen) atoms. The van der Waals surface area contributed by atoms with Crippen molar-refractivity contribution >= 4 is 5.97 Å². The molecule has 0 spiro atoms. The zero-order valence-electron chi connectivity index (χ0n) is 10.7. The Balaban J connectivity index is 2.50. The second kappa shape index (κ2) is 5.02. The van der Waals surface area contributed by atoms with Crippen molar-refractivity contribution in [2.75, 3.05) is 7.11 Å². The van der Waals surface area contributed by atoms with E-state index in [1.807, 2.05) is 19.1 Å². The minimum atomic E-state index is -1.06. The van der Waals surface area contributed by atoms with Crippen LogP contribution in [0.15, 0.2) is 36.4 Å². The average molecular weight is 258 g/mol. The molecule has 0 bridgehead atoms. The molecular weight excluding hydrogens is 244 g/mol. The average Bonchev–Trinajstić information content (AvgIpc) is 2.39. The summed E-state index contributed by atoms with van der Waals surface area (Å²) >= 11 is 0. The number of rotatable bonds is 3. The summed E-state index contributed by atoms with van der Waals surface area (Å²) in [6.07, 6.45) is 0. The van der Waals surface area contributed by atoms with Gasteiger partial charge in [-0.3, -0.25) is 0 Å². The number of hydrogen-bond donors (Lipinski definition) is 2. The second-order valence-electron chi connectivity index (χ2n) is 4.22. The van der Waals surface area contributed by atoms with Crippen LogP contribution < -0.4 is 4.74 Å². The summed E-state index contributed by atoms with van der Waals surface area (Å²) in [7, 11) is 1.59. The summed E-state index contributed by atoms with van der Waals surface area (Å²) in [6, 6.07) is 9.83. The summed E-state index contributed by atoms with van der Waals surface area (Å²) in [5.74, 6) is -0.371. The number of carboxylic acids is 1. The van der Waals surface area contributed by atoms with Crippen LogP contribution in [-0.2, 0) is 0 Å². The van der Waals surface area contributed by atoms with E-state index in [0.717, 1.165) is 16.9 Å². The van der Waals surface area contributed by atoms with E-state index < -0.39 is 5.97 Å². The minimum absolute atomic E-state index is 0.0480. The van der Waals surface area contributed by atoms with Crippen LogP contribution in [0.3, 0.4) is 0 Å². The monoisotopic (exact) mass is 258 g/mol. The van der Waals surface area contributed by atoms with Gasteiger partial charge in [-0.05, 0) is 48.4 Å². The maximum absolute atomic E-state index is 10.8. The van der Waals surface area contributed by atoms with E-state index in [-0.39, 0.29) is 11.3 Å². The van der Waals surface area contributed by atoms with Crippen molar-refractivity contribution in [3.63, 3.8) is 0 Å². The van der Waals surface area contributed by atoms with Crippen molar-refractivity contribution in [2.45, 2.75) is 6.92 Å². The number of aromatic hydroxyl groups is 1. The van der Waals surface area contributed by atoms with E-state index in [1.54, 1.807) is 19.2 Å². The third-order valence-corrected chi connectivity index (χ3v) is 2.97. The van der Waals surface area contributed by atoms with Crippen molar-refractivity contribution < 1.29 is 19.7 Å². The molecule has 2 aromatic carbocycles. The Morgan fingerprint density at radius 2 is 1.79 bits per heavy atom. The van der Waals surface area contributed by atoms with Crippen molar-refractivity contribution in [3.8, 4) is 22.6 Å². The zero-order valence-corrected chi connectivity index (χ0v) is 10.7. The first kappa shape index (κ1) is 13.0. The number of ether oxygens (including phenoxy) is 1. The van der Waals surface area contributed by atoms with Crippen molar-refractivity contribution in [2.24, 2.45) is 0 Å². The Morgan fingerprint density at radius 1 is 1.11 bits per heavy atom. The van der Waals surface area contributed by atoms with Gasteiger partial charge in [-0.2, -0.15) is 0 Å². The van der Waals surface area contributed by atoms with E-state index in [1.165, 1.54) is 12.1 Å². The molecule has 0 radical (unpaired) electrons. The first-order valence-corrected chi connectivity index (χ1v) is 5.74. The number of carboxylic acid groups (broad SMARTS) is 1. The van der Waals surface area contributed by atoms with Gasteiger partial charge in [0.15, 0.2) is 0 Å². The van der Waals surface area contributed by atoms with Gasteiger partial charge >= 0.3 is 5.97 Å². The molecule has 4 nitrogen and oxygen atoms in total. The Morgan fingerprint density at radius 3 is 2.32 bits per heavy atom. The number of carbonyl (C=O) groups is 1. The van der Waals surface area contributed by atoms with E-state index in [2.05, 4.69) is 0 Å². The molecule has 0 amide bonds. The predicted octanol–water partition coefficient (Wildman–Crippen LogP) is 3.07. The maximum atomic E-state index is 10.8. The van der Waals surface area contributed by atoms with E-state index in [9.17, 15) is 9.90 Å². The van der Waals surface area contributed by atoms with E-state index >= 15 is 0 Å². The molecule has 4 heteroatoms. The molecule has 0 fully saturated rings. The summed E-state index contributed by atoms with van der Waals surface area (Å²) < 4.78 is 5.13. The number of hydrogen-bond acceptors (Lipinski definition) is 3. The van der Waals surface area contributed by atoms with Crippen LogP contribution >= 0.6 is 0 Å². The van der Waals surface area contributed by atoms with Crippen LogP contribution in [0, 0.1) is 6.92 Å². The highest BCUT2D eigenvalue weighted by atomic mass is 16.5. The highest BCUT2D eigenvalue weighted by Crippen LogP contribution is 2.33. The number of aryl methyl sites for hydroxylation is 1. The van der Waals surface area contributed by atoms with Gasteiger partial charge in [0.2, 0.25) is 0 Å². The van der Waals surface area contributed by atoms with Crippen molar-refractivity contribution in [3.05, 3.63) is 47.5 Å². The van der Waals surface area contributed by atoms with Gasteiger partial charge in [0.05, 0.1) is 12.7 Å². The standard InChI is InChI=1S/C15H14O4/c1-9-7-11(19-2)4-6-12(9)13-5-3-10(15(17)18)8-14(13)16/h3-8,16H,1-2H3,(H,17,18). The molecule has 0 aromatic heterocycles. The summed E-state index contributed by atoms with van der Waals surface area (Å²) in [4.78, 5) is 10.8. The highest BCUT2D eigenvalue weighted by Gasteiger charge is 2.11. The Hall–Kier alpha value is -2.49. The Kier molecular flexibility index (Phi) is 3.42. The molecule has 2 aromatic rings. The Labute approximate surface area is 110 Å². The fourth-order valence-electron chi connectivity index (χ4n) is 1.96. The molecule has 0 saturated carbocycles. The van der Waals surface area contributed by atoms with Crippen LogP contribution in [-0.4, -0.2) is 23.3 Å². The van der Waals surface area contributed by atoms with Gasteiger partial charge in [-0.15, -0.1) is 0 Å². The molecule has 0 aliphatic carbocycles. The van der Waals surface area contributed by atoms with Crippen LogP contribution in [0.1, 0.15) is 15.9 Å². The maximum Gasteiger partial charge on any atom is 0.335 e. The molecule has 2 rings (SSSR count). The first-order valence-electron chi connectivity index (χ1n) is 5.74. The fraction of sp³-hybridized carbons (Fsp3) is 0.133. The lowest BCUT2D eigenvalue weighted by molar-refractivity contribution is 0.0696. The first-order chi connectivity index (χ1) is 9.02. The van der Waals surface area contributed by atoms with Crippen LogP contribution in [0.5, 0.6) is 11.5 Å². The molecule has 0 saturated heterocycles. The fourth-order valence-corrected chi connectivity index (χ4v) is 1.96. The van der Waals surface area contributed by atoms with Crippen molar-refractivity contribution in [1.82, 2.24) is 0 Å². The van der Waals surface area contributed by atoms with Crippen molar-refractivity contribution in [1.29, 1.82) is 0 Å². The summed E-state index contributed by atoms with van der Waals surface area (Å²) in [6.45, 7) is 1.91. The predicted molar refractivity (Wildman–Crippen MR) is 71.8 cm³/mol. The molecule has 98 valence electrons. The third-order valence-electron chi connectivity index (χ3n) is 2.97. The zero-order chi connectivity index (χ0) is 14.0. The number of benzene rings is 2. The lowest BCUT2D eigenvalue weighted by Crippen LogP contribution is -1.96. The lowest BCUT2D eigenvalue weighted by Gasteiger charge is -2.10. The van der Waals surface area contributed by atoms with Crippen LogP contribution in [0.4, 0.5) is 0 Å². The molecule has 0 aliphatic heterocycles. The smallest absolute Gasteiger partial charge is 0.335 e. The second-order valence-corrected chi connectivity index (χ2v) is 4.22. The van der Waals surface area contributed by atoms with Gasteiger partial charge in [-0.25, -0.2) is 4.79 Å². The minimum Gasteiger partial charge on any atom is -0.507 e. The molecule has 0 heterocycles. The number of aromatic carboxylic acids is 1. The molecule has 2 N–H and O–H groups in total. The van der Waals surface area contributed by atoms with E-state index in [0.29, 0.717) is 5.56 Å². The van der Waals surface area contributed by atoms with Gasteiger partial charge in [-0.1, -0.05) is 6.07 Å². The number of phenols is 1. The summed E-state index contributed by atoms with van der Waals surface area (Å²) in [5, 5.41) is 18.8. The SMILES string of the molecule is COc1ccc(-c2ccc(C(=O)O)cc2O)c(C)c1. The third kappa shape index (κ3) is 2.52. The topological polar surface area (TPSA) is 66.8 Å². The van der Waals surface area contributed by atoms with E-state index in [4.69, 9.17) is 9.84 Å². The van der Waals surface area contributed by atoms with Gasteiger partial charge in [0.1, 0.15) is 11.5 Å². The largest absolute Gasteiger partial charge is 0.507 e. The quantitative estimate of drug-likeness (QED) is 0.887. The van der Waals surface area contributed by atoms with Crippen LogP contribution in [0.25, 0.3) is 11.1 Å². The molecule has 0 atom stereocenters. The number of phenolic OH excluding ortho intramolecular Hbond substituents is 1. The Bertz CT molecular complexity index is 632. The normalized spacial score (nSPS) is 10.2. The van der Waals surface area contributed by atoms with Gasteiger partial charge in [0, 0.05) is 5.56 Å². The van der Waals surface area contributed by atoms with Gasteiger partial charge in [0.25, 0.3) is 0 Å². The van der Waals surface area contributed by atoms with Crippen LogP contribution in [0.2, 0.25) is 0 Å². The lowest BCUT2D eigenvalue weighted by atomic mass is 9.98.